The van der Waals surface area contributed by atoms with Crippen LogP contribution in [0.5, 0.6) is 0 Å². The van der Waals surface area contributed by atoms with E-state index in [1.54, 1.807) is 18.2 Å². The van der Waals surface area contributed by atoms with Crippen LogP contribution < -0.4 is 0 Å². The molecule has 0 radical (unpaired) electrons. The number of ether oxygens (including phenoxy) is 1. The zero-order valence-electron chi connectivity index (χ0n) is 14.5. The summed E-state index contributed by atoms with van der Waals surface area (Å²) in [6.45, 7) is 6.05. The average Bonchev–Trinajstić information content (AvgIpc) is 2.52. The fraction of sp³-hybridized carbons (Fsp3) is 0.588. The zero-order valence-corrected chi connectivity index (χ0v) is 14.5. The van der Waals surface area contributed by atoms with Gasteiger partial charge < -0.3 is 9.64 Å². The first-order valence-electron chi connectivity index (χ1n) is 8.21. The van der Waals surface area contributed by atoms with Gasteiger partial charge in [0.1, 0.15) is 0 Å². The highest BCUT2D eigenvalue weighted by atomic mass is 16.6. The van der Waals surface area contributed by atoms with Crippen molar-refractivity contribution < 1.29 is 14.5 Å². The molecule has 1 aromatic rings. The van der Waals surface area contributed by atoms with E-state index in [2.05, 4.69) is 0 Å². The summed E-state index contributed by atoms with van der Waals surface area (Å²) in [7, 11) is 1.86. The number of rotatable bonds is 6. The highest BCUT2D eigenvalue weighted by molar-refractivity contribution is 5.78. The van der Waals surface area contributed by atoms with Crippen molar-refractivity contribution >= 4 is 11.6 Å². The molecule has 1 heterocycles. The molecule has 1 fully saturated rings. The van der Waals surface area contributed by atoms with E-state index in [0.29, 0.717) is 38.2 Å². The molecule has 1 aromatic carbocycles. The van der Waals surface area contributed by atoms with E-state index >= 15 is 0 Å². The minimum atomic E-state index is -0.364. The van der Waals surface area contributed by atoms with Gasteiger partial charge in [0.15, 0.2) is 0 Å². The zero-order chi connectivity index (χ0) is 17.7. The number of hydrogen-bond acceptors (Lipinski definition) is 5. The van der Waals surface area contributed by atoms with Gasteiger partial charge in [0.2, 0.25) is 5.91 Å². The summed E-state index contributed by atoms with van der Waals surface area (Å²) in [6.07, 6.45) is 0.640. The molecule has 24 heavy (non-hydrogen) atoms. The van der Waals surface area contributed by atoms with Crippen LogP contribution in [0.1, 0.15) is 19.4 Å². The van der Waals surface area contributed by atoms with Gasteiger partial charge in [-0.1, -0.05) is 18.2 Å². The van der Waals surface area contributed by atoms with Crippen LogP contribution in [0, 0.1) is 10.1 Å². The predicted molar refractivity (Wildman–Crippen MR) is 90.9 cm³/mol. The first-order valence-corrected chi connectivity index (χ1v) is 8.21. The summed E-state index contributed by atoms with van der Waals surface area (Å²) in [5.74, 6) is 0.0714. The molecule has 0 aliphatic carbocycles. The van der Waals surface area contributed by atoms with Gasteiger partial charge in [-0.15, -0.1) is 0 Å². The number of hydrogen-bond donors (Lipinski definition) is 0. The first-order chi connectivity index (χ1) is 11.4. The van der Waals surface area contributed by atoms with Crippen molar-refractivity contribution in [2.45, 2.75) is 32.5 Å². The molecule has 0 saturated carbocycles. The third-order valence-electron chi connectivity index (χ3n) is 4.13. The molecule has 7 nitrogen and oxygen atoms in total. The van der Waals surface area contributed by atoms with Crippen molar-refractivity contribution in [3.8, 4) is 0 Å². The second-order valence-corrected chi connectivity index (χ2v) is 6.43. The van der Waals surface area contributed by atoms with Crippen LogP contribution in [0.2, 0.25) is 0 Å². The fourth-order valence-corrected chi connectivity index (χ4v) is 3.00. The van der Waals surface area contributed by atoms with Gasteiger partial charge in [0.05, 0.1) is 23.7 Å². The summed E-state index contributed by atoms with van der Waals surface area (Å²) in [6, 6.07) is 6.73. The number of nitrogens with zero attached hydrogens (tertiary/aromatic N) is 3. The number of amides is 1. The maximum atomic E-state index is 12.4. The Morgan fingerprint density at radius 3 is 2.58 bits per heavy atom. The molecule has 2 unspecified atom stereocenters. The van der Waals surface area contributed by atoms with Crippen molar-refractivity contribution in [2.24, 2.45) is 0 Å². The van der Waals surface area contributed by atoms with E-state index in [1.807, 2.05) is 30.7 Å². The highest BCUT2D eigenvalue weighted by Gasteiger charge is 2.26. The SMILES string of the molecule is CC1CN(C(=O)CN(C)CCc2ccccc2[N+](=O)[O-])CC(C)O1. The number of likely N-dealkylation sites (N-methyl/N-ethyl adjacent to an activating group) is 1. The van der Waals surface area contributed by atoms with E-state index < -0.39 is 0 Å². The van der Waals surface area contributed by atoms with Crippen LogP contribution in [0.15, 0.2) is 24.3 Å². The van der Waals surface area contributed by atoms with Gasteiger partial charge in [0, 0.05) is 31.3 Å². The maximum Gasteiger partial charge on any atom is 0.272 e. The number of nitro groups is 1. The predicted octanol–water partition coefficient (Wildman–Crippen LogP) is 1.70. The van der Waals surface area contributed by atoms with E-state index in [4.69, 9.17) is 4.74 Å². The van der Waals surface area contributed by atoms with Crippen molar-refractivity contribution in [3.05, 3.63) is 39.9 Å². The lowest BCUT2D eigenvalue weighted by Gasteiger charge is -2.36. The molecule has 7 heteroatoms. The Morgan fingerprint density at radius 1 is 1.33 bits per heavy atom. The Bertz CT molecular complexity index is 583. The molecule has 1 amide bonds. The summed E-state index contributed by atoms with van der Waals surface area (Å²) < 4.78 is 5.64. The number of para-hydroxylation sites is 1. The van der Waals surface area contributed by atoms with E-state index in [9.17, 15) is 14.9 Å². The second-order valence-electron chi connectivity index (χ2n) is 6.43. The number of nitro benzene ring substituents is 1. The van der Waals surface area contributed by atoms with Crippen LogP contribution >= 0.6 is 0 Å². The first kappa shape index (κ1) is 18.4. The molecule has 132 valence electrons. The molecule has 0 bridgehead atoms. The number of carbonyl (C=O) groups excluding carboxylic acids is 1. The Kier molecular flexibility index (Phi) is 6.28. The minimum Gasteiger partial charge on any atom is -0.372 e. The van der Waals surface area contributed by atoms with Gasteiger partial charge in [-0.05, 0) is 27.3 Å². The number of benzene rings is 1. The van der Waals surface area contributed by atoms with Crippen molar-refractivity contribution in [2.75, 3.05) is 33.2 Å². The lowest BCUT2D eigenvalue weighted by molar-refractivity contribution is -0.385. The molecule has 2 rings (SSSR count). The molecule has 1 saturated heterocycles. The minimum absolute atomic E-state index is 0.0509. The molecule has 1 aliphatic rings. The molecule has 2 atom stereocenters. The van der Waals surface area contributed by atoms with Crippen LogP contribution in [0.4, 0.5) is 5.69 Å². The van der Waals surface area contributed by atoms with Gasteiger partial charge in [-0.2, -0.15) is 0 Å². The summed E-state index contributed by atoms with van der Waals surface area (Å²) in [5, 5.41) is 11.0. The molecule has 0 spiro atoms. The third kappa shape index (κ3) is 5.01. The summed E-state index contributed by atoms with van der Waals surface area (Å²) >= 11 is 0. The smallest absolute Gasteiger partial charge is 0.272 e. The number of morpholine rings is 1. The molecular weight excluding hydrogens is 310 g/mol. The van der Waals surface area contributed by atoms with Gasteiger partial charge in [-0.25, -0.2) is 0 Å². The standard InChI is InChI=1S/C17H25N3O4/c1-13-10-19(11-14(2)24-13)17(21)12-18(3)9-8-15-6-4-5-7-16(15)20(22)23/h4-7,13-14H,8-12H2,1-3H3. The summed E-state index contributed by atoms with van der Waals surface area (Å²) in [5.41, 5.74) is 0.823. The molecule has 1 aliphatic heterocycles. The highest BCUT2D eigenvalue weighted by Crippen LogP contribution is 2.18. The van der Waals surface area contributed by atoms with E-state index in [1.165, 1.54) is 6.07 Å². The Hall–Kier alpha value is -1.99. The van der Waals surface area contributed by atoms with Gasteiger partial charge in [0.25, 0.3) is 5.69 Å². The van der Waals surface area contributed by atoms with E-state index in [-0.39, 0.29) is 28.7 Å². The lowest BCUT2D eigenvalue weighted by atomic mass is 10.1. The normalized spacial score (nSPS) is 21.1. The monoisotopic (exact) mass is 335 g/mol. The van der Waals surface area contributed by atoms with Crippen molar-refractivity contribution in [1.82, 2.24) is 9.80 Å². The Labute approximate surface area is 142 Å². The maximum absolute atomic E-state index is 12.4. The topological polar surface area (TPSA) is 75.9 Å². The van der Waals surface area contributed by atoms with Crippen molar-refractivity contribution in [3.63, 3.8) is 0 Å². The van der Waals surface area contributed by atoms with Gasteiger partial charge >= 0.3 is 0 Å². The molecular formula is C17H25N3O4. The number of carbonyl (C=O) groups is 1. The van der Waals surface area contributed by atoms with Crippen LogP contribution in [0.3, 0.4) is 0 Å². The summed E-state index contributed by atoms with van der Waals surface area (Å²) in [4.78, 5) is 26.8. The van der Waals surface area contributed by atoms with Crippen LogP contribution in [-0.4, -0.2) is 66.1 Å². The van der Waals surface area contributed by atoms with Gasteiger partial charge in [-0.3, -0.25) is 19.8 Å². The lowest BCUT2D eigenvalue weighted by Crippen LogP contribution is -2.50. The fourth-order valence-electron chi connectivity index (χ4n) is 3.00. The van der Waals surface area contributed by atoms with Crippen LogP contribution in [-0.2, 0) is 16.0 Å². The Morgan fingerprint density at radius 2 is 1.96 bits per heavy atom. The second kappa shape index (κ2) is 8.21. The van der Waals surface area contributed by atoms with E-state index in [0.717, 1.165) is 0 Å². The van der Waals surface area contributed by atoms with Crippen LogP contribution in [0.25, 0.3) is 0 Å². The Balaban J connectivity index is 1.86. The quantitative estimate of drug-likeness (QED) is 0.584. The molecule has 0 N–H and O–H groups in total. The third-order valence-corrected chi connectivity index (χ3v) is 4.13. The largest absolute Gasteiger partial charge is 0.372 e. The average molecular weight is 335 g/mol. The van der Waals surface area contributed by atoms with Crippen molar-refractivity contribution in [1.29, 1.82) is 0 Å². The molecule has 0 aromatic heterocycles.